The van der Waals surface area contributed by atoms with Crippen molar-refractivity contribution in [1.82, 2.24) is 0 Å². The molecule has 0 atom stereocenters. The van der Waals surface area contributed by atoms with E-state index in [0.29, 0.717) is 11.3 Å². The molecule has 18 heavy (non-hydrogen) atoms. The Kier molecular flexibility index (Phi) is 5.35. The van der Waals surface area contributed by atoms with Gasteiger partial charge in [-0.05, 0) is 30.7 Å². The SMILES string of the molecule is CCOC(=O)/C(=C/c1ccc(OC)cc1)N=C=O. The molecule has 0 aliphatic heterocycles. The zero-order valence-electron chi connectivity index (χ0n) is 10.2. The van der Waals surface area contributed by atoms with Gasteiger partial charge in [0.15, 0.2) is 5.70 Å². The number of carbonyl (C=O) groups is 1. The summed E-state index contributed by atoms with van der Waals surface area (Å²) >= 11 is 0. The van der Waals surface area contributed by atoms with Crippen molar-refractivity contribution in [1.29, 1.82) is 0 Å². The van der Waals surface area contributed by atoms with E-state index in [1.807, 2.05) is 0 Å². The molecule has 94 valence electrons. The van der Waals surface area contributed by atoms with Gasteiger partial charge in [-0.3, -0.25) is 0 Å². The summed E-state index contributed by atoms with van der Waals surface area (Å²) in [7, 11) is 1.56. The molecule has 0 aromatic heterocycles. The highest BCUT2D eigenvalue weighted by Gasteiger charge is 2.09. The lowest BCUT2D eigenvalue weighted by Gasteiger charge is -2.02. The van der Waals surface area contributed by atoms with Crippen LogP contribution in [0.25, 0.3) is 6.08 Å². The van der Waals surface area contributed by atoms with Crippen molar-refractivity contribution in [2.24, 2.45) is 4.99 Å². The van der Waals surface area contributed by atoms with Crippen LogP contribution in [0, 0.1) is 0 Å². The lowest BCUT2D eigenvalue weighted by Crippen LogP contribution is -2.05. The summed E-state index contributed by atoms with van der Waals surface area (Å²) in [5.74, 6) is 0.0420. The molecule has 0 N–H and O–H groups in total. The van der Waals surface area contributed by atoms with Crippen molar-refractivity contribution < 1.29 is 19.1 Å². The fourth-order valence-electron chi connectivity index (χ4n) is 1.25. The van der Waals surface area contributed by atoms with Gasteiger partial charge in [-0.1, -0.05) is 12.1 Å². The topological polar surface area (TPSA) is 65.0 Å². The molecule has 0 amide bonds. The van der Waals surface area contributed by atoms with Gasteiger partial charge >= 0.3 is 5.97 Å². The normalized spacial score (nSPS) is 10.4. The second-order valence-corrected chi connectivity index (χ2v) is 3.23. The highest BCUT2D eigenvalue weighted by atomic mass is 16.5. The standard InChI is InChI=1S/C13H13NO4/c1-3-18-13(16)12(14-9-15)8-10-4-6-11(17-2)7-5-10/h4-8H,3H2,1-2H3/b12-8-. The Morgan fingerprint density at radius 3 is 2.56 bits per heavy atom. The minimum absolute atomic E-state index is 0.0861. The minimum atomic E-state index is -0.656. The summed E-state index contributed by atoms with van der Waals surface area (Å²) in [5, 5.41) is 0. The zero-order chi connectivity index (χ0) is 13.4. The number of aliphatic imine (C=N–C) groups is 1. The third-order valence-electron chi connectivity index (χ3n) is 2.07. The van der Waals surface area contributed by atoms with E-state index in [0.717, 1.165) is 0 Å². The number of hydrogen-bond acceptors (Lipinski definition) is 5. The van der Waals surface area contributed by atoms with Gasteiger partial charge in [0.2, 0.25) is 6.08 Å². The van der Waals surface area contributed by atoms with Gasteiger partial charge in [-0.15, -0.1) is 0 Å². The van der Waals surface area contributed by atoms with Crippen LogP contribution < -0.4 is 4.74 Å². The second kappa shape index (κ2) is 7.04. The van der Waals surface area contributed by atoms with Gasteiger partial charge in [0.05, 0.1) is 13.7 Å². The van der Waals surface area contributed by atoms with Crippen molar-refractivity contribution in [2.75, 3.05) is 13.7 Å². The summed E-state index contributed by atoms with van der Waals surface area (Å²) in [6.07, 6.45) is 2.78. The van der Waals surface area contributed by atoms with Crippen molar-refractivity contribution in [3.05, 3.63) is 35.5 Å². The first-order chi connectivity index (χ1) is 8.71. The van der Waals surface area contributed by atoms with Gasteiger partial charge < -0.3 is 9.47 Å². The van der Waals surface area contributed by atoms with Gasteiger partial charge in [0, 0.05) is 0 Å². The number of isocyanates is 1. The van der Waals surface area contributed by atoms with Crippen LogP contribution >= 0.6 is 0 Å². The average Bonchev–Trinajstić information content (AvgIpc) is 2.39. The molecule has 0 fully saturated rings. The Bertz CT molecular complexity index is 484. The number of hydrogen-bond donors (Lipinski definition) is 0. The number of ether oxygens (including phenoxy) is 2. The molecule has 5 nitrogen and oxygen atoms in total. The second-order valence-electron chi connectivity index (χ2n) is 3.23. The van der Waals surface area contributed by atoms with Crippen molar-refractivity contribution >= 4 is 18.1 Å². The van der Waals surface area contributed by atoms with E-state index in [1.165, 1.54) is 12.2 Å². The molecule has 0 spiro atoms. The Balaban J connectivity index is 2.99. The summed E-state index contributed by atoms with van der Waals surface area (Å²) in [5.41, 5.74) is 0.620. The third-order valence-corrected chi connectivity index (χ3v) is 2.07. The van der Waals surface area contributed by atoms with E-state index in [2.05, 4.69) is 4.99 Å². The molecule has 0 aliphatic carbocycles. The minimum Gasteiger partial charge on any atom is -0.497 e. The average molecular weight is 247 g/mol. The maximum atomic E-state index is 11.5. The van der Waals surface area contributed by atoms with Crippen LogP contribution in [0.15, 0.2) is 35.0 Å². The molecule has 1 aromatic rings. The number of esters is 1. The Morgan fingerprint density at radius 1 is 1.39 bits per heavy atom. The van der Waals surface area contributed by atoms with Crippen molar-refractivity contribution in [3.8, 4) is 5.75 Å². The van der Waals surface area contributed by atoms with Crippen LogP contribution in [0.1, 0.15) is 12.5 Å². The van der Waals surface area contributed by atoms with Crippen LogP contribution in [0.5, 0.6) is 5.75 Å². The maximum absolute atomic E-state index is 11.5. The first-order valence-electron chi connectivity index (χ1n) is 5.32. The Hall–Kier alpha value is -2.39. The molecule has 0 bridgehead atoms. The van der Waals surface area contributed by atoms with Crippen LogP contribution in [0.4, 0.5) is 0 Å². The van der Waals surface area contributed by atoms with Gasteiger partial charge in [0.1, 0.15) is 5.75 Å². The molecular formula is C13H13NO4. The highest BCUT2D eigenvalue weighted by Crippen LogP contribution is 2.14. The van der Waals surface area contributed by atoms with Crippen LogP contribution in [0.2, 0.25) is 0 Å². The molecule has 0 saturated heterocycles. The van der Waals surface area contributed by atoms with Gasteiger partial charge in [-0.2, -0.15) is 4.99 Å². The van der Waals surface area contributed by atoms with E-state index in [1.54, 1.807) is 38.3 Å². The van der Waals surface area contributed by atoms with Crippen molar-refractivity contribution in [3.63, 3.8) is 0 Å². The lowest BCUT2D eigenvalue weighted by atomic mass is 10.2. The Morgan fingerprint density at radius 2 is 2.06 bits per heavy atom. The smallest absolute Gasteiger partial charge is 0.357 e. The summed E-state index contributed by atoms with van der Waals surface area (Å²) in [6.45, 7) is 1.89. The first-order valence-corrected chi connectivity index (χ1v) is 5.32. The molecule has 1 rings (SSSR count). The maximum Gasteiger partial charge on any atom is 0.357 e. The summed E-state index contributed by atoms with van der Waals surface area (Å²) < 4.78 is 9.78. The molecule has 5 heteroatoms. The predicted molar refractivity (Wildman–Crippen MR) is 65.7 cm³/mol. The van der Waals surface area contributed by atoms with Gasteiger partial charge in [-0.25, -0.2) is 9.59 Å². The zero-order valence-corrected chi connectivity index (χ0v) is 10.2. The summed E-state index contributed by atoms with van der Waals surface area (Å²) in [6, 6.07) is 6.94. The number of rotatable bonds is 5. The molecule has 0 unspecified atom stereocenters. The van der Waals surface area contributed by atoms with Gasteiger partial charge in [0.25, 0.3) is 0 Å². The van der Waals surface area contributed by atoms with Crippen LogP contribution in [-0.2, 0) is 14.3 Å². The first kappa shape index (κ1) is 13.7. The molecule has 0 heterocycles. The van der Waals surface area contributed by atoms with E-state index in [4.69, 9.17) is 9.47 Å². The third kappa shape index (κ3) is 3.88. The quantitative estimate of drug-likeness (QED) is 0.345. The predicted octanol–water partition coefficient (Wildman–Crippen LogP) is 1.94. The number of benzene rings is 1. The lowest BCUT2D eigenvalue weighted by molar-refractivity contribution is -0.138. The fourth-order valence-corrected chi connectivity index (χ4v) is 1.25. The fraction of sp³-hybridized carbons (Fsp3) is 0.231. The number of carbonyl (C=O) groups excluding carboxylic acids is 2. The number of nitrogens with zero attached hydrogens (tertiary/aromatic N) is 1. The van der Waals surface area contributed by atoms with E-state index in [-0.39, 0.29) is 12.3 Å². The highest BCUT2D eigenvalue weighted by molar-refractivity contribution is 5.94. The molecule has 0 radical (unpaired) electrons. The molecule has 0 saturated carbocycles. The monoisotopic (exact) mass is 247 g/mol. The van der Waals surface area contributed by atoms with E-state index >= 15 is 0 Å². The summed E-state index contributed by atoms with van der Waals surface area (Å²) in [4.78, 5) is 25.1. The number of methoxy groups -OCH3 is 1. The van der Waals surface area contributed by atoms with Crippen molar-refractivity contribution in [2.45, 2.75) is 6.92 Å². The van der Waals surface area contributed by atoms with E-state index in [9.17, 15) is 9.59 Å². The van der Waals surface area contributed by atoms with Crippen LogP contribution in [-0.4, -0.2) is 25.8 Å². The van der Waals surface area contributed by atoms with Crippen LogP contribution in [0.3, 0.4) is 0 Å². The largest absolute Gasteiger partial charge is 0.497 e. The molecule has 1 aromatic carbocycles. The molecular weight excluding hydrogens is 234 g/mol. The van der Waals surface area contributed by atoms with E-state index < -0.39 is 5.97 Å². The Labute approximate surface area is 105 Å². The molecule has 0 aliphatic rings.